The van der Waals surface area contributed by atoms with Crippen molar-refractivity contribution >= 4 is 11.9 Å². The van der Waals surface area contributed by atoms with Gasteiger partial charge in [0.1, 0.15) is 12.2 Å². The Morgan fingerprint density at radius 1 is 0.895 bits per heavy atom. The maximum atomic E-state index is 13.0. The van der Waals surface area contributed by atoms with Crippen LogP contribution in [0.1, 0.15) is 105 Å². The molecule has 0 N–H and O–H groups in total. The highest BCUT2D eigenvalue weighted by Gasteiger charge is 2.42. The average Bonchev–Trinajstić information content (AvgIpc) is 3.35. The number of ether oxygens (including phenoxy) is 3. The SMILES string of the molecule is C=CCCCCCCC[C@H](OC(=O)c1ccccc1)[C@@H]1C[C@H](OC(=O)c2ccccc2)[C@@H](CCCCC)O1. The molecule has 38 heavy (non-hydrogen) atoms. The fourth-order valence-corrected chi connectivity index (χ4v) is 5.01. The average molecular weight is 521 g/mol. The first kappa shape index (κ1) is 29.6. The standard InChI is InChI=1S/C33H44O5/c1-3-5-7-8-9-10-18-24-29(37-32(34)26-19-14-11-15-20-26)30-25-31(28(36-30)23-13-6-4-2)38-33(35)27-21-16-12-17-22-27/h3,11-12,14-17,19-22,28-31H,1,4-10,13,18,23-25H2,2H3/t28-,29+,30+,31+/m1/s1. The van der Waals surface area contributed by atoms with Crippen LogP contribution in [-0.2, 0) is 14.2 Å². The minimum atomic E-state index is -0.384. The number of carbonyl (C=O) groups is 2. The lowest BCUT2D eigenvalue weighted by molar-refractivity contribution is -0.0628. The van der Waals surface area contributed by atoms with Gasteiger partial charge in [-0.3, -0.25) is 0 Å². The summed E-state index contributed by atoms with van der Waals surface area (Å²) in [6.45, 7) is 5.96. The zero-order valence-corrected chi connectivity index (χ0v) is 22.9. The molecule has 4 atom stereocenters. The van der Waals surface area contributed by atoms with Gasteiger partial charge in [0, 0.05) is 6.42 Å². The first-order chi connectivity index (χ1) is 18.6. The Kier molecular flexibility index (Phi) is 13.1. The molecule has 1 aliphatic rings. The lowest BCUT2D eigenvalue weighted by Crippen LogP contribution is -2.32. The van der Waals surface area contributed by atoms with Gasteiger partial charge in [0.05, 0.1) is 23.3 Å². The Hall–Kier alpha value is -2.92. The lowest BCUT2D eigenvalue weighted by Gasteiger charge is -2.24. The first-order valence-corrected chi connectivity index (χ1v) is 14.4. The van der Waals surface area contributed by atoms with Gasteiger partial charge in [0.25, 0.3) is 0 Å². The van der Waals surface area contributed by atoms with Crippen molar-refractivity contribution in [1.82, 2.24) is 0 Å². The van der Waals surface area contributed by atoms with Crippen molar-refractivity contribution in [3.8, 4) is 0 Å². The summed E-state index contributed by atoms with van der Waals surface area (Å²) in [4.78, 5) is 25.8. The first-order valence-electron chi connectivity index (χ1n) is 14.4. The predicted molar refractivity (Wildman–Crippen MR) is 151 cm³/mol. The van der Waals surface area contributed by atoms with Gasteiger partial charge in [0.15, 0.2) is 0 Å². The molecule has 0 aromatic heterocycles. The molecule has 0 radical (unpaired) electrons. The molecule has 0 unspecified atom stereocenters. The van der Waals surface area contributed by atoms with E-state index in [4.69, 9.17) is 14.2 Å². The highest BCUT2D eigenvalue weighted by molar-refractivity contribution is 5.90. The fraction of sp³-hybridized carbons (Fsp3) is 0.515. The van der Waals surface area contributed by atoms with Crippen molar-refractivity contribution < 1.29 is 23.8 Å². The van der Waals surface area contributed by atoms with Crippen molar-refractivity contribution in [3.63, 3.8) is 0 Å². The van der Waals surface area contributed by atoms with Crippen molar-refractivity contribution in [2.45, 2.75) is 108 Å². The normalized spacial score (nSPS) is 19.6. The van der Waals surface area contributed by atoms with E-state index in [1.807, 2.05) is 42.5 Å². The maximum Gasteiger partial charge on any atom is 0.338 e. The Morgan fingerprint density at radius 3 is 2.18 bits per heavy atom. The number of hydrogen-bond acceptors (Lipinski definition) is 5. The molecule has 5 heteroatoms. The highest BCUT2D eigenvalue weighted by Crippen LogP contribution is 2.32. The summed E-state index contributed by atoms with van der Waals surface area (Å²) in [5, 5.41) is 0. The number of hydrogen-bond donors (Lipinski definition) is 0. The number of allylic oxidation sites excluding steroid dienone is 1. The van der Waals surface area contributed by atoms with Crippen molar-refractivity contribution in [2.24, 2.45) is 0 Å². The summed E-state index contributed by atoms with van der Waals surface area (Å²) in [6, 6.07) is 18.2. The predicted octanol–water partition coefficient (Wildman–Crippen LogP) is 8.09. The Morgan fingerprint density at radius 2 is 1.53 bits per heavy atom. The van der Waals surface area contributed by atoms with Gasteiger partial charge < -0.3 is 14.2 Å². The third-order valence-corrected chi connectivity index (χ3v) is 7.17. The van der Waals surface area contributed by atoms with E-state index in [9.17, 15) is 9.59 Å². The van der Waals surface area contributed by atoms with Crippen LogP contribution in [0.15, 0.2) is 73.3 Å². The summed E-state index contributed by atoms with van der Waals surface area (Å²) in [6.07, 6.45) is 12.6. The lowest BCUT2D eigenvalue weighted by atomic mass is 9.99. The Bertz CT molecular complexity index is 958. The summed E-state index contributed by atoms with van der Waals surface area (Å²) in [5.74, 6) is -0.671. The van der Waals surface area contributed by atoms with E-state index in [-0.39, 0.29) is 36.4 Å². The van der Waals surface area contributed by atoms with Crippen LogP contribution >= 0.6 is 0 Å². The zero-order chi connectivity index (χ0) is 27.0. The monoisotopic (exact) mass is 520 g/mol. The van der Waals surface area contributed by atoms with E-state index in [1.165, 1.54) is 6.42 Å². The molecular formula is C33H44O5. The molecule has 1 fully saturated rings. The Labute approximate surface area is 228 Å². The Balaban J connectivity index is 1.67. The smallest absolute Gasteiger partial charge is 0.338 e. The molecule has 0 spiro atoms. The van der Waals surface area contributed by atoms with Gasteiger partial charge in [-0.15, -0.1) is 6.58 Å². The van der Waals surface area contributed by atoms with Crippen LogP contribution in [-0.4, -0.2) is 36.4 Å². The molecule has 1 saturated heterocycles. The zero-order valence-electron chi connectivity index (χ0n) is 22.9. The third kappa shape index (κ3) is 9.75. The fourth-order valence-electron chi connectivity index (χ4n) is 5.01. The minimum Gasteiger partial charge on any atom is -0.456 e. The minimum absolute atomic E-state index is 0.198. The van der Waals surface area contributed by atoms with E-state index >= 15 is 0 Å². The molecular weight excluding hydrogens is 476 g/mol. The molecule has 206 valence electrons. The number of rotatable bonds is 17. The van der Waals surface area contributed by atoms with Crippen LogP contribution in [0.25, 0.3) is 0 Å². The second kappa shape index (κ2) is 16.8. The summed E-state index contributed by atoms with van der Waals surface area (Å²) in [5.41, 5.74) is 1.07. The van der Waals surface area contributed by atoms with Crippen LogP contribution in [0.4, 0.5) is 0 Å². The van der Waals surface area contributed by atoms with Gasteiger partial charge >= 0.3 is 11.9 Å². The molecule has 0 aliphatic carbocycles. The maximum absolute atomic E-state index is 13.0. The van der Waals surface area contributed by atoms with E-state index in [2.05, 4.69) is 13.5 Å². The van der Waals surface area contributed by atoms with Gasteiger partial charge in [-0.05, 0) is 56.4 Å². The largest absolute Gasteiger partial charge is 0.456 e. The van der Waals surface area contributed by atoms with Gasteiger partial charge in [-0.1, -0.05) is 87.9 Å². The molecule has 1 aliphatic heterocycles. The molecule has 0 bridgehead atoms. The van der Waals surface area contributed by atoms with Gasteiger partial charge in [0.2, 0.25) is 0 Å². The quantitative estimate of drug-likeness (QED) is 0.120. The topological polar surface area (TPSA) is 61.8 Å². The van der Waals surface area contributed by atoms with Gasteiger partial charge in [-0.2, -0.15) is 0 Å². The van der Waals surface area contributed by atoms with Crippen molar-refractivity contribution in [1.29, 1.82) is 0 Å². The summed E-state index contributed by atoms with van der Waals surface area (Å²) >= 11 is 0. The van der Waals surface area contributed by atoms with Crippen LogP contribution in [0.2, 0.25) is 0 Å². The number of benzene rings is 2. The van der Waals surface area contributed by atoms with Crippen molar-refractivity contribution in [3.05, 3.63) is 84.4 Å². The molecule has 2 aromatic carbocycles. The number of esters is 2. The van der Waals surface area contributed by atoms with Gasteiger partial charge in [-0.25, -0.2) is 9.59 Å². The number of carbonyl (C=O) groups excluding carboxylic acids is 2. The van der Waals surface area contributed by atoms with E-state index in [0.717, 1.165) is 64.2 Å². The van der Waals surface area contributed by atoms with Crippen LogP contribution in [0.5, 0.6) is 0 Å². The molecule has 0 saturated carbocycles. The van der Waals surface area contributed by atoms with Crippen LogP contribution in [0.3, 0.4) is 0 Å². The van der Waals surface area contributed by atoms with E-state index < -0.39 is 0 Å². The van der Waals surface area contributed by atoms with Crippen LogP contribution in [0, 0.1) is 0 Å². The van der Waals surface area contributed by atoms with Crippen LogP contribution < -0.4 is 0 Å². The molecule has 5 nitrogen and oxygen atoms in total. The summed E-state index contributed by atoms with van der Waals surface area (Å²) in [7, 11) is 0. The third-order valence-electron chi connectivity index (χ3n) is 7.17. The molecule has 1 heterocycles. The highest BCUT2D eigenvalue weighted by atomic mass is 16.6. The molecule has 0 amide bonds. The summed E-state index contributed by atoms with van der Waals surface area (Å²) < 4.78 is 18.5. The van der Waals surface area contributed by atoms with Crippen molar-refractivity contribution in [2.75, 3.05) is 0 Å². The second-order valence-electron chi connectivity index (χ2n) is 10.2. The van der Waals surface area contributed by atoms with E-state index in [1.54, 1.807) is 24.3 Å². The van der Waals surface area contributed by atoms with E-state index in [0.29, 0.717) is 17.5 Å². The molecule has 2 aromatic rings. The molecule has 3 rings (SSSR count). The second-order valence-corrected chi connectivity index (χ2v) is 10.2. The number of unbranched alkanes of at least 4 members (excludes halogenated alkanes) is 7.